The normalized spacial score (nSPS) is 12.2. The molecule has 3 rings (SSSR count). The summed E-state index contributed by atoms with van der Waals surface area (Å²) in [4.78, 5) is 33.4. The van der Waals surface area contributed by atoms with Gasteiger partial charge in [-0.05, 0) is 49.9 Å². The zero-order valence-corrected chi connectivity index (χ0v) is 20.4. The summed E-state index contributed by atoms with van der Waals surface area (Å²) in [7, 11) is 1.60. The lowest BCUT2D eigenvalue weighted by molar-refractivity contribution is 0.169. The van der Waals surface area contributed by atoms with E-state index in [0.29, 0.717) is 36.4 Å². The van der Waals surface area contributed by atoms with Crippen molar-refractivity contribution in [2.75, 3.05) is 25.6 Å². The molecule has 0 aliphatic rings. The predicted molar refractivity (Wildman–Crippen MR) is 133 cm³/mol. The number of nitrogens with zero attached hydrogens (tertiary/aromatic N) is 3. The number of hydrogen-bond donors (Lipinski definition) is 1. The predicted octanol–water partition coefficient (Wildman–Crippen LogP) is 4.91. The Morgan fingerprint density at radius 3 is 2.39 bits per heavy atom. The van der Waals surface area contributed by atoms with Crippen LogP contribution in [0.2, 0.25) is 0 Å². The fraction of sp³-hybridized carbons (Fsp3) is 0.423. The quantitative estimate of drug-likeness (QED) is 0.529. The Balaban J connectivity index is 2.06. The Morgan fingerprint density at radius 2 is 1.76 bits per heavy atom. The van der Waals surface area contributed by atoms with Crippen molar-refractivity contribution in [3.8, 4) is 0 Å². The van der Waals surface area contributed by atoms with Crippen molar-refractivity contribution < 1.29 is 9.53 Å². The van der Waals surface area contributed by atoms with Crippen LogP contribution in [0.15, 0.2) is 47.3 Å². The zero-order valence-electron chi connectivity index (χ0n) is 20.4. The van der Waals surface area contributed by atoms with Crippen LogP contribution in [0.25, 0.3) is 10.9 Å². The van der Waals surface area contributed by atoms with E-state index in [4.69, 9.17) is 9.72 Å². The molecule has 1 atom stereocenters. The molecular weight excluding hydrogens is 416 g/mol. The van der Waals surface area contributed by atoms with Gasteiger partial charge in [-0.3, -0.25) is 9.36 Å². The number of urea groups is 1. The fourth-order valence-corrected chi connectivity index (χ4v) is 4.04. The average Bonchev–Trinajstić information content (AvgIpc) is 2.78. The van der Waals surface area contributed by atoms with Crippen LogP contribution in [-0.2, 0) is 11.3 Å². The standard InChI is InChI=1S/C26H34N4O3/c1-17(2)16-30(26(32)28-23-18(3)10-9-11-19(23)4)20(5)24-27-22-13-8-7-12-21(22)25(31)29(24)14-15-33-6/h7-13,17,20H,14-16H2,1-6H3,(H,28,32). The highest BCUT2D eigenvalue weighted by molar-refractivity contribution is 5.91. The maximum Gasteiger partial charge on any atom is 0.322 e. The second kappa shape index (κ2) is 10.6. The minimum atomic E-state index is -0.425. The molecule has 2 aromatic carbocycles. The molecule has 176 valence electrons. The number of carbonyl (C=O) groups excluding carboxylic acids is 1. The number of para-hydroxylation sites is 2. The van der Waals surface area contributed by atoms with Crippen LogP contribution in [-0.4, -0.2) is 40.7 Å². The van der Waals surface area contributed by atoms with Gasteiger partial charge in [0.1, 0.15) is 5.82 Å². The van der Waals surface area contributed by atoms with Crippen molar-refractivity contribution in [3.05, 3.63) is 69.8 Å². The number of hydrogen-bond acceptors (Lipinski definition) is 4. The number of ether oxygens (including phenoxy) is 1. The highest BCUT2D eigenvalue weighted by Crippen LogP contribution is 2.25. The molecule has 1 unspecified atom stereocenters. The van der Waals surface area contributed by atoms with E-state index in [-0.39, 0.29) is 17.5 Å². The van der Waals surface area contributed by atoms with E-state index in [1.54, 1.807) is 22.6 Å². The Bertz CT molecular complexity index is 1170. The highest BCUT2D eigenvalue weighted by atomic mass is 16.5. The molecule has 0 bridgehead atoms. The van der Waals surface area contributed by atoms with E-state index in [1.165, 1.54) is 0 Å². The summed E-state index contributed by atoms with van der Waals surface area (Å²) < 4.78 is 6.88. The lowest BCUT2D eigenvalue weighted by Crippen LogP contribution is -2.42. The molecule has 1 aromatic heterocycles. The molecule has 33 heavy (non-hydrogen) atoms. The van der Waals surface area contributed by atoms with E-state index >= 15 is 0 Å². The van der Waals surface area contributed by atoms with Gasteiger partial charge in [-0.2, -0.15) is 0 Å². The van der Waals surface area contributed by atoms with Gasteiger partial charge in [-0.1, -0.05) is 44.2 Å². The number of fused-ring (bicyclic) bond motifs is 1. The van der Waals surface area contributed by atoms with Gasteiger partial charge in [0.2, 0.25) is 0 Å². The van der Waals surface area contributed by atoms with Crippen LogP contribution >= 0.6 is 0 Å². The molecule has 0 fully saturated rings. The maximum absolute atomic E-state index is 13.5. The van der Waals surface area contributed by atoms with Gasteiger partial charge in [0, 0.05) is 19.3 Å². The molecule has 2 amide bonds. The van der Waals surface area contributed by atoms with E-state index in [1.807, 2.05) is 57.2 Å². The van der Waals surface area contributed by atoms with Crippen molar-refractivity contribution >= 4 is 22.6 Å². The molecule has 0 aliphatic heterocycles. The van der Waals surface area contributed by atoms with Gasteiger partial charge in [-0.25, -0.2) is 9.78 Å². The van der Waals surface area contributed by atoms with E-state index < -0.39 is 6.04 Å². The van der Waals surface area contributed by atoms with E-state index in [9.17, 15) is 9.59 Å². The number of aromatic nitrogens is 2. The summed E-state index contributed by atoms with van der Waals surface area (Å²) in [6.45, 7) is 11.3. The van der Waals surface area contributed by atoms with Gasteiger partial charge in [-0.15, -0.1) is 0 Å². The van der Waals surface area contributed by atoms with Crippen LogP contribution in [0.4, 0.5) is 10.5 Å². The Labute approximate surface area is 195 Å². The molecule has 7 heteroatoms. The Morgan fingerprint density at radius 1 is 1.09 bits per heavy atom. The highest BCUT2D eigenvalue weighted by Gasteiger charge is 2.27. The Hall–Kier alpha value is -3.19. The van der Waals surface area contributed by atoms with Crippen LogP contribution in [0.1, 0.15) is 43.8 Å². The molecule has 0 spiro atoms. The zero-order chi connectivity index (χ0) is 24.1. The minimum Gasteiger partial charge on any atom is -0.383 e. The van der Waals surface area contributed by atoms with Gasteiger partial charge >= 0.3 is 6.03 Å². The van der Waals surface area contributed by atoms with E-state index in [2.05, 4.69) is 19.2 Å². The monoisotopic (exact) mass is 450 g/mol. The lowest BCUT2D eigenvalue weighted by Gasteiger charge is -2.32. The maximum atomic E-state index is 13.5. The van der Waals surface area contributed by atoms with E-state index in [0.717, 1.165) is 16.8 Å². The van der Waals surface area contributed by atoms with Crippen LogP contribution in [0.5, 0.6) is 0 Å². The summed E-state index contributed by atoms with van der Waals surface area (Å²) in [6, 6.07) is 12.6. The third-order valence-corrected chi connectivity index (χ3v) is 5.79. The number of anilines is 1. The lowest BCUT2D eigenvalue weighted by atomic mass is 10.1. The van der Waals surface area contributed by atoms with Crippen molar-refractivity contribution in [2.45, 2.75) is 47.2 Å². The molecule has 7 nitrogen and oxygen atoms in total. The molecule has 0 saturated carbocycles. The third-order valence-electron chi connectivity index (χ3n) is 5.79. The molecule has 3 aromatic rings. The van der Waals surface area contributed by atoms with Crippen molar-refractivity contribution in [1.82, 2.24) is 14.5 Å². The smallest absolute Gasteiger partial charge is 0.322 e. The molecular formula is C26H34N4O3. The second-order valence-corrected chi connectivity index (χ2v) is 8.86. The number of methoxy groups -OCH3 is 1. The van der Waals surface area contributed by atoms with Gasteiger partial charge < -0.3 is 15.0 Å². The summed E-state index contributed by atoms with van der Waals surface area (Å²) in [5.41, 5.74) is 3.31. The first-order valence-corrected chi connectivity index (χ1v) is 11.4. The topological polar surface area (TPSA) is 76.5 Å². The SMILES string of the molecule is COCCn1c(C(C)N(CC(C)C)C(=O)Nc2c(C)cccc2C)nc2ccccc2c1=O. The van der Waals surface area contributed by atoms with Gasteiger partial charge in [0.05, 0.1) is 30.1 Å². The Kier molecular flexibility index (Phi) is 7.87. The summed E-state index contributed by atoms with van der Waals surface area (Å²) in [5.74, 6) is 0.781. The van der Waals surface area contributed by atoms with Gasteiger partial charge in [0.25, 0.3) is 5.56 Å². The third kappa shape index (κ3) is 5.42. The number of benzene rings is 2. The first kappa shape index (κ1) is 24.5. The summed E-state index contributed by atoms with van der Waals surface area (Å²) in [5, 5.41) is 3.65. The molecule has 0 aliphatic carbocycles. The molecule has 0 radical (unpaired) electrons. The summed E-state index contributed by atoms with van der Waals surface area (Å²) in [6.07, 6.45) is 0. The molecule has 1 N–H and O–H groups in total. The molecule has 1 heterocycles. The second-order valence-electron chi connectivity index (χ2n) is 8.86. The van der Waals surface area contributed by atoms with Crippen LogP contribution in [0.3, 0.4) is 0 Å². The number of amides is 2. The van der Waals surface area contributed by atoms with Crippen LogP contribution < -0.4 is 10.9 Å². The van der Waals surface area contributed by atoms with Gasteiger partial charge in [0.15, 0.2) is 0 Å². The number of nitrogens with one attached hydrogen (secondary N) is 1. The molecule has 0 saturated heterocycles. The minimum absolute atomic E-state index is 0.126. The van der Waals surface area contributed by atoms with Crippen molar-refractivity contribution in [2.24, 2.45) is 5.92 Å². The number of carbonyl (C=O) groups is 1. The van der Waals surface area contributed by atoms with Crippen LogP contribution in [0, 0.1) is 19.8 Å². The number of rotatable bonds is 8. The summed E-state index contributed by atoms with van der Waals surface area (Å²) >= 11 is 0. The number of aryl methyl sites for hydroxylation is 2. The average molecular weight is 451 g/mol. The first-order valence-electron chi connectivity index (χ1n) is 11.4. The largest absolute Gasteiger partial charge is 0.383 e. The first-order chi connectivity index (χ1) is 15.7. The van der Waals surface area contributed by atoms with Crippen molar-refractivity contribution in [3.63, 3.8) is 0 Å². The fourth-order valence-electron chi connectivity index (χ4n) is 4.04. The van der Waals surface area contributed by atoms with Crippen molar-refractivity contribution in [1.29, 1.82) is 0 Å².